The third-order valence-electron chi connectivity index (χ3n) is 1.92. The maximum absolute atomic E-state index is 11.4. The minimum Gasteiger partial charge on any atom is -0.502 e. The molecule has 0 saturated heterocycles. The molecule has 0 heterocycles. The van der Waals surface area contributed by atoms with Crippen LogP contribution in [0.3, 0.4) is 0 Å². The molecular formula is C8H9NO6S. The van der Waals surface area contributed by atoms with Crippen molar-refractivity contribution in [3.8, 4) is 5.75 Å². The second-order valence-electron chi connectivity index (χ2n) is 3.05. The summed E-state index contributed by atoms with van der Waals surface area (Å²) in [6.07, 6.45) is 0. The third-order valence-corrected chi connectivity index (χ3v) is 3.73. The van der Waals surface area contributed by atoms with E-state index in [4.69, 9.17) is 5.11 Å². The van der Waals surface area contributed by atoms with Crippen molar-refractivity contribution < 1.29 is 23.6 Å². The first-order valence-corrected chi connectivity index (χ1v) is 5.71. The van der Waals surface area contributed by atoms with Crippen LogP contribution in [0.4, 0.5) is 5.69 Å². The Morgan fingerprint density at radius 3 is 2.38 bits per heavy atom. The van der Waals surface area contributed by atoms with Crippen molar-refractivity contribution in [1.82, 2.24) is 0 Å². The minimum atomic E-state index is -3.97. The molecule has 0 saturated carbocycles. The molecule has 16 heavy (non-hydrogen) atoms. The first-order valence-electron chi connectivity index (χ1n) is 4.16. The highest BCUT2D eigenvalue weighted by Crippen LogP contribution is 2.29. The van der Waals surface area contributed by atoms with E-state index in [-0.39, 0.29) is 4.90 Å². The minimum absolute atomic E-state index is 0.370. The summed E-state index contributed by atoms with van der Waals surface area (Å²) in [6, 6.07) is 2.56. The van der Waals surface area contributed by atoms with Gasteiger partial charge in [-0.15, -0.1) is 0 Å². The van der Waals surface area contributed by atoms with Crippen LogP contribution in [0.5, 0.6) is 5.75 Å². The predicted octanol–water partition coefficient (Wildman–Crippen LogP) is 0.412. The second kappa shape index (κ2) is 4.06. The lowest BCUT2D eigenvalue weighted by Crippen LogP contribution is -2.16. The molecule has 1 aromatic carbocycles. The van der Waals surface area contributed by atoms with E-state index in [0.717, 1.165) is 25.1 Å². The van der Waals surface area contributed by atoms with Gasteiger partial charge < -0.3 is 10.2 Å². The van der Waals surface area contributed by atoms with Crippen molar-refractivity contribution in [3.63, 3.8) is 0 Å². The van der Waals surface area contributed by atoms with Gasteiger partial charge in [0.05, 0.1) is 9.82 Å². The Labute approximate surface area is 91.0 Å². The lowest BCUT2D eigenvalue weighted by Gasteiger charge is -2.06. The number of nitro benzene ring substituents is 1. The Balaban J connectivity index is 3.32. The van der Waals surface area contributed by atoms with Crippen molar-refractivity contribution in [3.05, 3.63) is 28.3 Å². The zero-order valence-electron chi connectivity index (χ0n) is 8.19. The lowest BCUT2D eigenvalue weighted by molar-refractivity contribution is -0.385. The first-order chi connectivity index (χ1) is 7.26. The summed E-state index contributed by atoms with van der Waals surface area (Å²) < 4.78 is 22.9. The van der Waals surface area contributed by atoms with Gasteiger partial charge in [-0.25, -0.2) is 8.42 Å². The molecule has 0 radical (unpaired) electrons. The van der Waals surface area contributed by atoms with Gasteiger partial charge in [0.15, 0.2) is 11.2 Å². The number of aromatic hydroxyl groups is 1. The number of benzene rings is 1. The summed E-state index contributed by atoms with van der Waals surface area (Å²) in [5.74, 6) is -0.758. The van der Waals surface area contributed by atoms with Gasteiger partial charge in [-0.05, 0) is 13.0 Å². The van der Waals surface area contributed by atoms with Gasteiger partial charge in [0.1, 0.15) is 0 Å². The summed E-state index contributed by atoms with van der Waals surface area (Å²) >= 11 is 0. The fourth-order valence-corrected chi connectivity index (χ4v) is 1.96. The van der Waals surface area contributed by atoms with Crippen LogP contribution < -0.4 is 0 Å². The smallest absolute Gasteiger partial charge is 0.310 e. The van der Waals surface area contributed by atoms with Crippen LogP contribution in [0, 0.1) is 10.1 Å². The van der Waals surface area contributed by atoms with Crippen molar-refractivity contribution >= 4 is 15.5 Å². The highest BCUT2D eigenvalue weighted by molar-refractivity contribution is 7.91. The highest BCUT2D eigenvalue weighted by Gasteiger charge is 2.24. The van der Waals surface area contributed by atoms with E-state index in [1.807, 2.05) is 0 Å². The van der Waals surface area contributed by atoms with Gasteiger partial charge >= 0.3 is 5.69 Å². The molecule has 1 rings (SSSR count). The first kappa shape index (κ1) is 12.4. The van der Waals surface area contributed by atoms with E-state index in [1.54, 1.807) is 0 Å². The summed E-state index contributed by atoms with van der Waals surface area (Å²) in [6.45, 7) is 1.05. The average Bonchev–Trinajstić information content (AvgIpc) is 2.16. The van der Waals surface area contributed by atoms with E-state index >= 15 is 0 Å². The number of rotatable bonds is 3. The quantitative estimate of drug-likeness (QED) is 0.590. The number of phenols is 1. The number of phenolic OH excluding ortho intramolecular Hbond substituents is 1. The van der Waals surface area contributed by atoms with Crippen LogP contribution in [-0.4, -0.2) is 29.0 Å². The van der Waals surface area contributed by atoms with Crippen molar-refractivity contribution in [1.29, 1.82) is 0 Å². The second-order valence-corrected chi connectivity index (χ2v) is 5.30. The topological polar surface area (TPSA) is 118 Å². The number of sulfone groups is 1. The molecule has 8 heteroatoms. The van der Waals surface area contributed by atoms with Crippen LogP contribution >= 0.6 is 0 Å². The van der Waals surface area contributed by atoms with E-state index in [1.165, 1.54) is 0 Å². The maximum atomic E-state index is 11.4. The van der Waals surface area contributed by atoms with Crippen molar-refractivity contribution in [2.45, 2.75) is 17.3 Å². The van der Waals surface area contributed by atoms with Crippen LogP contribution in [0.25, 0.3) is 0 Å². The van der Waals surface area contributed by atoms with E-state index in [2.05, 4.69) is 0 Å². The lowest BCUT2D eigenvalue weighted by atomic mass is 10.3. The molecule has 88 valence electrons. The Hall–Kier alpha value is -1.67. The summed E-state index contributed by atoms with van der Waals surface area (Å²) in [5, 5.41) is 28.6. The summed E-state index contributed by atoms with van der Waals surface area (Å²) in [7, 11) is -3.97. The number of hydrogen-bond donors (Lipinski definition) is 2. The molecule has 0 spiro atoms. The van der Waals surface area contributed by atoms with Gasteiger partial charge in [0.2, 0.25) is 9.84 Å². The van der Waals surface area contributed by atoms with Gasteiger partial charge in [0.25, 0.3) is 0 Å². The predicted molar refractivity (Wildman–Crippen MR) is 53.6 cm³/mol. The van der Waals surface area contributed by atoms with Crippen molar-refractivity contribution in [2.24, 2.45) is 0 Å². The zero-order valence-corrected chi connectivity index (χ0v) is 9.01. The number of nitrogens with zero attached hydrogens (tertiary/aromatic N) is 1. The SMILES string of the molecule is CC(O)S(=O)(=O)c1ccc([N+](=O)[O-])c(O)c1. The summed E-state index contributed by atoms with van der Waals surface area (Å²) in [4.78, 5) is 9.15. The molecule has 0 aromatic heterocycles. The number of aliphatic hydroxyl groups is 1. The Bertz CT molecular complexity index is 521. The molecule has 0 fully saturated rings. The highest BCUT2D eigenvalue weighted by atomic mass is 32.2. The van der Waals surface area contributed by atoms with Crippen molar-refractivity contribution in [2.75, 3.05) is 0 Å². The average molecular weight is 247 g/mol. The molecule has 0 amide bonds. The molecule has 1 unspecified atom stereocenters. The maximum Gasteiger partial charge on any atom is 0.310 e. The van der Waals surface area contributed by atoms with Gasteiger partial charge in [-0.1, -0.05) is 0 Å². The normalized spacial score (nSPS) is 13.4. The monoisotopic (exact) mass is 247 g/mol. The van der Waals surface area contributed by atoms with Crippen LogP contribution in [0.2, 0.25) is 0 Å². The van der Waals surface area contributed by atoms with E-state index in [0.29, 0.717) is 0 Å². The van der Waals surface area contributed by atoms with Gasteiger partial charge in [0, 0.05) is 12.1 Å². The molecule has 1 aromatic rings. The zero-order chi connectivity index (χ0) is 12.5. The molecular weight excluding hydrogens is 238 g/mol. The molecule has 1 atom stereocenters. The fraction of sp³-hybridized carbons (Fsp3) is 0.250. The van der Waals surface area contributed by atoms with Crippen LogP contribution in [-0.2, 0) is 9.84 Å². The number of aliphatic hydroxyl groups excluding tert-OH is 1. The van der Waals surface area contributed by atoms with Crippen LogP contribution in [0.15, 0.2) is 23.1 Å². The molecule has 0 aliphatic rings. The number of hydrogen-bond acceptors (Lipinski definition) is 6. The molecule has 0 bridgehead atoms. The fourth-order valence-electron chi connectivity index (χ4n) is 1.03. The Kier molecular flexibility index (Phi) is 3.15. The number of nitro groups is 1. The Morgan fingerprint density at radius 1 is 1.44 bits per heavy atom. The standard InChI is InChI=1S/C8H9NO6S/c1-5(10)16(14,15)6-2-3-7(9(12)13)8(11)4-6/h2-5,10-11H,1H3. The van der Waals surface area contributed by atoms with Gasteiger partial charge in [-0.3, -0.25) is 10.1 Å². The Morgan fingerprint density at radius 2 is 2.00 bits per heavy atom. The molecule has 7 nitrogen and oxygen atoms in total. The molecule has 0 aliphatic carbocycles. The molecule has 2 N–H and O–H groups in total. The third kappa shape index (κ3) is 2.12. The largest absolute Gasteiger partial charge is 0.502 e. The molecule has 0 aliphatic heterocycles. The van der Waals surface area contributed by atoms with Crippen LogP contribution in [0.1, 0.15) is 6.92 Å². The summed E-state index contributed by atoms with van der Waals surface area (Å²) in [5.41, 5.74) is -2.24. The van der Waals surface area contributed by atoms with E-state index < -0.39 is 31.6 Å². The van der Waals surface area contributed by atoms with Gasteiger partial charge in [-0.2, -0.15) is 0 Å². The van der Waals surface area contributed by atoms with E-state index in [9.17, 15) is 23.6 Å².